The van der Waals surface area contributed by atoms with Crippen LogP contribution in [0.3, 0.4) is 0 Å². The summed E-state index contributed by atoms with van der Waals surface area (Å²) in [4.78, 5) is 0. The summed E-state index contributed by atoms with van der Waals surface area (Å²) in [5, 5.41) is 6.01. The molecule has 2 aromatic carbocycles. The van der Waals surface area contributed by atoms with E-state index in [0.29, 0.717) is 0 Å². The van der Waals surface area contributed by atoms with Crippen LogP contribution in [0.25, 0.3) is 0 Å². The van der Waals surface area contributed by atoms with Crippen molar-refractivity contribution in [1.29, 1.82) is 0 Å². The van der Waals surface area contributed by atoms with Gasteiger partial charge in [-0.2, -0.15) is 0 Å². The molecular formula is C16H16F2N2OS. The lowest BCUT2D eigenvalue weighted by atomic mass is 10.1. The molecule has 2 aromatic rings. The molecule has 0 aliphatic heterocycles. The van der Waals surface area contributed by atoms with Crippen LogP contribution in [-0.4, -0.2) is 12.2 Å². The van der Waals surface area contributed by atoms with Crippen LogP contribution in [0.15, 0.2) is 42.5 Å². The summed E-state index contributed by atoms with van der Waals surface area (Å²) in [6, 6.07) is 10.7. The molecule has 0 heterocycles. The van der Waals surface area contributed by atoms with Crippen molar-refractivity contribution in [2.45, 2.75) is 13.0 Å². The monoisotopic (exact) mass is 322 g/mol. The molecule has 1 unspecified atom stereocenters. The van der Waals surface area contributed by atoms with Crippen LogP contribution in [0.4, 0.5) is 14.5 Å². The molecule has 0 aliphatic rings. The van der Waals surface area contributed by atoms with Crippen molar-refractivity contribution in [1.82, 2.24) is 5.32 Å². The van der Waals surface area contributed by atoms with E-state index in [1.807, 2.05) is 31.2 Å². The smallest absolute Gasteiger partial charge is 0.171 e. The van der Waals surface area contributed by atoms with Crippen LogP contribution in [0.2, 0.25) is 0 Å². The topological polar surface area (TPSA) is 33.3 Å². The molecule has 2 N–H and O–H groups in total. The molecule has 0 aromatic heterocycles. The summed E-state index contributed by atoms with van der Waals surface area (Å²) in [7, 11) is 1.60. The van der Waals surface area contributed by atoms with E-state index in [0.717, 1.165) is 17.4 Å². The number of nitrogens with one attached hydrogen (secondary N) is 2. The van der Waals surface area contributed by atoms with Gasteiger partial charge in [0.2, 0.25) is 0 Å². The van der Waals surface area contributed by atoms with Crippen molar-refractivity contribution in [3.8, 4) is 5.75 Å². The van der Waals surface area contributed by atoms with Gasteiger partial charge in [0.05, 0.1) is 18.8 Å². The van der Waals surface area contributed by atoms with Gasteiger partial charge in [0.15, 0.2) is 5.11 Å². The Morgan fingerprint density at radius 3 is 2.64 bits per heavy atom. The Hall–Kier alpha value is -2.21. The summed E-state index contributed by atoms with van der Waals surface area (Å²) in [6.07, 6.45) is 0. The quantitative estimate of drug-likeness (QED) is 0.833. The summed E-state index contributed by atoms with van der Waals surface area (Å²) in [5.74, 6) is -0.584. The second-order valence-electron chi connectivity index (χ2n) is 4.72. The second kappa shape index (κ2) is 7.17. The van der Waals surface area contributed by atoms with Gasteiger partial charge in [-0.15, -0.1) is 0 Å². The number of hydrogen-bond acceptors (Lipinski definition) is 2. The molecule has 3 nitrogen and oxygen atoms in total. The predicted octanol–water partition coefficient (Wildman–Crippen LogP) is 4.02. The van der Waals surface area contributed by atoms with Crippen molar-refractivity contribution < 1.29 is 13.5 Å². The second-order valence-corrected chi connectivity index (χ2v) is 5.13. The van der Waals surface area contributed by atoms with Gasteiger partial charge in [0.1, 0.15) is 17.4 Å². The highest BCUT2D eigenvalue weighted by Crippen LogP contribution is 2.19. The van der Waals surface area contributed by atoms with E-state index in [4.69, 9.17) is 17.0 Å². The van der Waals surface area contributed by atoms with Crippen molar-refractivity contribution in [3.63, 3.8) is 0 Å². The SMILES string of the molecule is COc1cccc(C(C)NC(=S)Nc2ccc(F)cc2F)c1. The highest BCUT2D eigenvalue weighted by Gasteiger charge is 2.10. The minimum atomic E-state index is -0.696. The average Bonchev–Trinajstić information content (AvgIpc) is 2.50. The summed E-state index contributed by atoms with van der Waals surface area (Å²) in [6.45, 7) is 1.92. The van der Waals surface area contributed by atoms with Gasteiger partial charge >= 0.3 is 0 Å². The number of ether oxygens (including phenoxy) is 1. The van der Waals surface area contributed by atoms with E-state index in [-0.39, 0.29) is 16.8 Å². The number of hydrogen-bond donors (Lipinski definition) is 2. The standard InChI is InChI=1S/C16H16F2N2OS/c1-10(11-4-3-5-13(8-11)21-2)19-16(22)20-15-7-6-12(17)9-14(15)18/h3-10H,1-2H3,(H2,19,20,22). The van der Waals surface area contributed by atoms with Crippen LogP contribution >= 0.6 is 12.2 Å². The molecule has 0 saturated carbocycles. The van der Waals surface area contributed by atoms with Crippen LogP contribution in [-0.2, 0) is 0 Å². The van der Waals surface area contributed by atoms with Crippen molar-refractivity contribution >= 4 is 23.0 Å². The average molecular weight is 322 g/mol. The molecule has 1 atom stereocenters. The molecule has 0 bridgehead atoms. The summed E-state index contributed by atoms with van der Waals surface area (Å²) >= 11 is 5.15. The third-order valence-electron chi connectivity index (χ3n) is 3.12. The predicted molar refractivity (Wildman–Crippen MR) is 87.1 cm³/mol. The van der Waals surface area contributed by atoms with Gasteiger partial charge in [0, 0.05) is 6.07 Å². The Morgan fingerprint density at radius 1 is 1.18 bits per heavy atom. The summed E-state index contributed by atoms with van der Waals surface area (Å²) < 4.78 is 31.6. The zero-order valence-corrected chi connectivity index (χ0v) is 13.0. The number of methoxy groups -OCH3 is 1. The van der Waals surface area contributed by atoms with E-state index in [1.165, 1.54) is 12.1 Å². The Kier molecular flexibility index (Phi) is 5.27. The number of halogens is 2. The first-order valence-corrected chi connectivity index (χ1v) is 7.07. The molecule has 0 fully saturated rings. The van der Waals surface area contributed by atoms with Crippen LogP contribution in [0.5, 0.6) is 5.75 Å². The molecule has 2 rings (SSSR count). The Balaban J connectivity index is 2.01. The maximum Gasteiger partial charge on any atom is 0.171 e. The van der Waals surface area contributed by atoms with Crippen LogP contribution in [0.1, 0.15) is 18.5 Å². The van der Waals surface area contributed by atoms with Gasteiger partial charge in [-0.1, -0.05) is 12.1 Å². The molecule has 0 amide bonds. The van der Waals surface area contributed by atoms with E-state index in [9.17, 15) is 8.78 Å². The van der Waals surface area contributed by atoms with Gasteiger partial charge in [-0.25, -0.2) is 8.78 Å². The van der Waals surface area contributed by atoms with Crippen molar-refractivity contribution in [3.05, 3.63) is 59.7 Å². The lowest BCUT2D eigenvalue weighted by Crippen LogP contribution is -2.31. The molecule has 0 aliphatic carbocycles. The number of benzene rings is 2. The largest absolute Gasteiger partial charge is 0.497 e. The number of anilines is 1. The van der Waals surface area contributed by atoms with E-state index in [1.54, 1.807) is 7.11 Å². The highest BCUT2D eigenvalue weighted by atomic mass is 32.1. The lowest BCUT2D eigenvalue weighted by Gasteiger charge is -2.18. The maximum absolute atomic E-state index is 13.6. The zero-order valence-electron chi connectivity index (χ0n) is 12.2. The zero-order chi connectivity index (χ0) is 16.1. The Morgan fingerprint density at radius 2 is 1.95 bits per heavy atom. The Labute approximate surface area is 133 Å². The maximum atomic E-state index is 13.6. The summed E-state index contributed by atoms with van der Waals surface area (Å²) in [5.41, 5.74) is 1.10. The minimum absolute atomic E-state index is 0.0985. The van der Waals surface area contributed by atoms with Gasteiger partial charge in [-0.3, -0.25) is 0 Å². The molecule has 0 spiro atoms. The minimum Gasteiger partial charge on any atom is -0.497 e. The first-order chi connectivity index (χ1) is 10.5. The first-order valence-electron chi connectivity index (χ1n) is 6.66. The first kappa shape index (κ1) is 16.2. The molecule has 0 saturated heterocycles. The van der Waals surface area contributed by atoms with Gasteiger partial charge in [0.25, 0.3) is 0 Å². The van der Waals surface area contributed by atoms with E-state index < -0.39 is 11.6 Å². The van der Waals surface area contributed by atoms with E-state index in [2.05, 4.69) is 10.6 Å². The Bertz CT molecular complexity index is 679. The fourth-order valence-corrected chi connectivity index (χ4v) is 2.23. The third-order valence-corrected chi connectivity index (χ3v) is 3.34. The van der Waals surface area contributed by atoms with Crippen LogP contribution < -0.4 is 15.4 Å². The third kappa shape index (κ3) is 4.14. The molecule has 6 heteroatoms. The van der Waals surface area contributed by atoms with Crippen molar-refractivity contribution in [2.75, 3.05) is 12.4 Å². The fraction of sp³-hybridized carbons (Fsp3) is 0.188. The van der Waals surface area contributed by atoms with E-state index >= 15 is 0 Å². The molecule has 0 radical (unpaired) electrons. The number of thiocarbonyl (C=S) groups is 1. The number of rotatable bonds is 4. The van der Waals surface area contributed by atoms with Gasteiger partial charge < -0.3 is 15.4 Å². The fourth-order valence-electron chi connectivity index (χ4n) is 1.94. The molecule has 22 heavy (non-hydrogen) atoms. The highest BCUT2D eigenvalue weighted by molar-refractivity contribution is 7.80. The van der Waals surface area contributed by atoms with Crippen molar-refractivity contribution in [2.24, 2.45) is 0 Å². The molecular weight excluding hydrogens is 306 g/mol. The molecule has 116 valence electrons. The lowest BCUT2D eigenvalue weighted by molar-refractivity contribution is 0.413. The van der Waals surface area contributed by atoms with Gasteiger partial charge in [-0.05, 0) is 49.0 Å². The normalized spacial score (nSPS) is 11.6. The van der Waals surface area contributed by atoms with Crippen LogP contribution in [0, 0.1) is 11.6 Å².